The number of piperidine rings is 1. The van der Waals surface area contributed by atoms with E-state index in [9.17, 15) is 4.79 Å². The molecule has 2 heterocycles. The van der Waals surface area contributed by atoms with Crippen molar-refractivity contribution < 1.29 is 4.79 Å². The summed E-state index contributed by atoms with van der Waals surface area (Å²) in [5.74, 6) is 1.56. The molecule has 1 fully saturated rings. The zero-order valence-electron chi connectivity index (χ0n) is 16.6. The maximum Gasteiger partial charge on any atom is 0.317 e. The fraction of sp³-hybridized carbons (Fsp3) is 0.391. The number of nitrogens with one attached hydrogen (secondary N) is 2. The molecule has 0 unspecified atom stereocenters. The molecule has 1 saturated heterocycles. The molecule has 146 valence electrons. The van der Waals surface area contributed by atoms with Crippen LogP contribution in [0.3, 0.4) is 0 Å². The number of para-hydroxylation sites is 2. The van der Waals surface area contributed by atoms with Gasteiger partial charge in [-0.05, 0) is 36.5 Å². The molecule has 0 spiro atoms. The van der Waals surface area contributed by atoms with E-state index in [2.05, 4.69) is 36.3 Å². The van der Waals surface area contributed by atoms with E-state index in [0.717, 1.165) is 41.8 Å². The van der Waals surface area contributed by atoms with E-state index in [1.165, 1.54) is 0 Å². The first-order valence-electron chi connectivity index (χ1n) is 10.2. The van der Waals surface area contributed by atoms with Crippen molar-refractivity contribution >= 4 is 17.1 Å². The highest BCUT2D eigenvalue weighted by Crippen LogP contribution is 2.28. The Balaban J connectivity index is 1.47. The minimum Gasteiger partial charge on any atom is -0.342 e. The predicted octanol–water partition coefficient (Wildman–Crippen LogP) is 4.85. The van der Waals surface area contributed by atoms with Crippen molar-refractivity contribution in [3.05, 3.63) is 66.0 Å². The summed E-state index contributed by atoms with van der Waals surface area (Å²) < 4.78 is 0. The molecule has 2 amide bonds. The third-order valence-corrected chi connectivity index (χ3v) is 5.61. The lowest BCUT2D eigenvalue weighted by molar-refractivity contribution is 0.171. The van der Waals surface area contributed by atoms with Crippen LogP contribution < -0.4 is 5.32 Å². The highest BCUT2D eigenvalue weighted by atomic mass is 16.2. The number of hydrogen-bond donors (Lipinski definition) is 2. The van der Waals surface area contributed by atoms with Crippen molar-refractivity contribution in [2.45, 2.75) is 38.6 Å². The molecule has 1 aliphatic heterocycles. The minimum absolute atomic E-state index is 0.0141. The monoisotopic (exact) mass is 376 g/mol. The van der Waals surface area contributed by atoms with Crippen LogP contribution in [0.15, 0.2) is 54.6 Å². The second kappa shape index (κ2) is 8.05. The molecule has 2 aromatic carbocycles. The first kappa shape index (κ1) is 18.5. The maximum absolute atomic E-state index is 13.0. The highest BCUT2D eigenvalue weighted by molar-refractivity contribution is 5.76. The highest BCUT2D eigenvalue weighted by Gasteiger charge is 2.28. The first-order chi connectivity index (χ1) is 13.6. The van der Waals surface area contributed by atoms with Gasteiger partial charge in [-0.2, -0.15) is 0 Å². The zero-order valence-corrected chi connectivity index (χ0v) is 16.6. The van der Waals surface area contributed by atoms with E-state index in [0.29, 0.717) is 12.5 Å². The van der Waals surface area contributed by atoms with Crippen LogP contribution in [0.4, 0.5) is 4.79 Å². The SMILES string of the molecule is CC(C)[C@@H](NC(=O)N1CCC[C@@H](c2nc3ccccc3[nH]2)C1)c1ccccc1. The lowest BCUT2D eigenvalue weighted by atomic mass is 9.95. The third-order valence-electron chi connectivity index (χ3n) is 5.61. The lowest BCUT2D eigenvalue weighted by Crippen LogP contribution is -2.47. The molecule has 4 rings (SSSR count). The number of urea groups is 1. The molecule has 0 saturated carbocycles. The van der Waals surface area contributed by atoms with Gasteiger partial charge < -0.3 is 15.2 Å². The number of carbonyl (C=O) groups excluding carboxylic acids is 1. The summed E-state index contributed by atoms with van der Waals surface area (Å²) >= 11 is 0. The summed E-state index contributed by atoms with van der Waals surface area (Å²) in [7, 11) is 0. The Labute approximate surface area is 166 Å². The number of rotatable bonds is 4. The number of imidazole rings is 1. The molecule has 0 radical (unpaired) electrons. The summed E-state index contributed by atoms with van der Waals surface area (Å²) in [6, 6.07) is 18.3. The van der Waals surface area contributed by atoms with Gasteiger partial charge in [-0.1, -0.05) is 56.3 Å². The summed E-state index contributed by atoms with van der Waals surface area (Å²) in [4.78, 5) is 23.2. The van der Waals surface area contributed by atoms with E-state index < -0.39 is 0 Å². The molecule has 28 heavy (non-hydrogen) atoms. The zero-order chi connectivity index (χ0) is 19.5. The van der Waals surface area contributed by atoms with Gasteiger partial charge in [0.2, 0.25) is 0 Å². The van der Waals surface area contributed by atoms with Gasteiger partial charge in [0.05, 0.1) is 17.1 Å². The third kappa shape index (κ3) is 3.88. The maximum atomic E-state index is 13.0. The molecule has 2 N–H and O–H groups in total. The normalized spacial score (nSPS) is 18.4. The van der Waals surface area contributed by atoms with Crippen LogP contribution >= 0.6 is 0 Å². The number of likely N-dealkylation sites (tertiary alicyclic amines) is 1. The van der Waals surface area contributed by atoms with Crippen molar-refractivity contribution in [2.75, 3.05) is 13.1 Å². The Morgan fingerprint density at radius 1 is 1.14 bits per heavy atom. The molecule has 0 aliphatic carbocycles. The topological polar surface area (TPSA) is 61.0 Å². The van der Waals surface area contributed by atoms with E-state index in [1.807, 2.05) is 47.4 Å². The fourth-order valence-electron chi connectivity index (χ4n) is 4.07. The van der Waals surface area contributed by atoms with E-state index in [4.69, 9.17) is 4.98 Å². The molecule has 1 aliphatic rings. The second-order valence-corrected chi connectivity index (χ2v) is 8.01. The van der Waals surface area contributed by atoms with Crippen molar-refractivity contribution in [2.24, 2.45) is 5.92 Å². The molecule has 1 aromatic heterocycles. The Morgan fingerprint density at radius 2 is 1.89 bits per heavy atom. The number of fused-ring (bicyclic) bond motifs is 1. The van der Waals surface area contributed by atoms with Gasteiger partial charge in [0.25, 0.3) is 0 Å². The standard InChI is InChI=1S/C23H28N4O/c1-16(2)21(17-9-4-3-5-10-17)26-23(28)27-14-8-11-18(15-27)22-24-19-12-6-7-13-20(19)25-22/h3-7,9-10,12-13,16,18,21H,8,11,14-15H2,1-2H3,(H,24,25)(H,26,28)/t18-,21-/m1/s1. The van der Waals surface area contributed by atoms with E-state index >= 15 is 0 Å². The van der Waals surface area contributed by atoms with Crippen LogP contribution in [-0.4, -0.2) is 34.0 Å². The number of nitrogens with zero attached hydrogens (tertiary/aromatic N) is 2. The van der Waals surface area contributed by atoms with Crippen molar-refractivity contribution in [1.29, 1.82) is 0 Å². The number of carbonyl (C=O) groups is 1. The predicted molar refractivity (Wildman–Crippen MR) is 112 cm³/mol. The first-order valence-corrected chi connectivity index (χ1v) is 10.2. The average molecular weight is 377 g/mol. The number of aromatic nitrogens is 2. The van der Waals surface area contributed by atoms with Gasteiger partial charge in [-0.15, -0.1) is 0 Å². The summed E-state index contributed by atoms with van der Waals surface area (Å²) in [6.45, 7) is 5.78. The van der Waals surface area contributed by atoms with Crippen LogP contribution in [-0.2, 0) is 0 Å². The molecule has 5 heteroatoms. The second-order valence-electron chi connectivity index (χ2n) is 8.01. The molecule has 0 bridgehead atoms. The summed E-state index contributed by atoms with van der Waals surface area (Å²) in [5.41, 5.74) is 3.20. The van der Waals surface area contributed by atoms with Crippen LogP contribution in [0.1, 0.15) is 50.0 Å². The smallest absolute Gasteiger partial charge is 0.317 e. The lowest BCUT2D eigenvalue weighted by Gasteiger charge is -2.34. The Bertz CT molecular complexity index is 901. The van der Waals surface area contributed by atoms with Gasteiger partial charge in [-0.25, -0.2) is 9.78 Å². The van der Waals surface area contributed by atoms with Crippen LogP contribution in [0.2, 0.25) is 0 Å². The van der Waals surface area contributed by atoms with Crippen LogP contribution in [0, 0.1) is 5.92 Å². The molecule has 3 aromatic rings. The van der Waals surface area contributed by atoms with Crippen molar-refractivity contribution in [3.63, 3.8) is 0 Å². The number of benzene rings is 2. The van der Waals surface area contributed by atoms with Gasteiger partial charge in [0, 0.05) is 19.0 Å². The van der Waals surface area contributed by atoms with Crippen LogP contribution in [0.5, 0.6) is 0 Å². The van der Waals surface area contributed by atoms with Gasteiger partial charge >= 0.3 is 6.03 Å². The molecular formula is C23H28N4O. The van der Waals surface area contributed by atoms with Gasteiger partial charge in [0.1, 0.15) is 5.82 Å². The fourth-order valence-corrected chi connectivity index (χ4v) is 4.07. The number of hydrogen-bond acceptors (Lipinski definition) is 2. The molecule has 5 nitrogen and oxygen atoms in total. The van der Waals surface area contributed by atoms with Crippen LogP contribution in [0.25, 0.3) is 11.0 Å². The Kier molecular flexibility index (Phi) is 5.33. The number of H-pyrrole nitrogens is 1. The van der Waals surface area contributed by atoms with E-state index in [-0.39, 0.29) is 18.0 Å². The Morgan fingerprint density at radius 3 is 2.64 bits per heavy atom. The Hall–Kier alpha value is -2.82. The quantitative estimate of drug-likeness (QED) is 0.684. The number of amides is 2. The average Bonchev–Trinajstić information content (AvgIpc) is 3.17. The molecule has 2 atom stereocenters. The van der Waals surface area contributed by atoms with Gasteiger partial charge in [0.15, 0.2) is 0 Å². The van der Waals surface area contributed by atoms with Crippen molar-refractivity contribution in [1.82, 2.24) is 20.2 Å². The number of aromatic amines is 1. The van der Waals surface area contributed by atoms with Crippen molar-refractivity contribution in [3.8, 4) is 0 Å². The molecular weight excluding hydrogens is 348 g/mol. The van der Waals surface area contributed by atoms with Gasteiger partial charge in [-0.3, -0.25) is 0 Å². The minimum atomic E-state index is 0.0141. The summed E-state index contributed by atoms with van der Waals surface area (Å²) in [6.07, 6.45) is 2.04. The summed E-state index contributed by atoms with van der Waals surface area (Å²) in [5, 5.41) is 3.26. The largest absolute Gasteiger partial charge is 0.342 e. The van der Waals surface area contributed by atoms with E-state index in [1.54, 1.807) is 0 Å².